The molecule has 4 aliphatic heterocycles. The van der Waals surface area contributed by atoms with Crippen LogP contribution in [0.1, 0.15) is 6.92 Å². The number of amides is 3. The number of carbonyl (C=O) groups is 3. The molecular weight excluding hydrogens is 622 g/mol. The van der Waals surface area contributed by atoms with Crippen LogP contribution >= 0.6 is 0 Å². The number of azide groups is 1. The molecule has 0 radical (unpaired) electrons. The molecule has 1 N–H and O–H groups in total. The number of halogens is 2. The van der Waals surface area contributed by atoms with E-state index in [2.05, 4.69) is 15.3 Å². The zero-order chi connectivity index (χ0) is 33.3. The minimum atomic E-state index is -0.568. The summed E-state index contributed by atoms with van der Waals surface area (Å²) in [5.74, 6) is -0.964. The van der Waals surface area contributed by atoms with Crippen LogP contribution in [0.25, 0.3) is 10.4 Å². The van der Waals surface area contributed by atoms with E-state index in [0.717, 1.165) is 0 Å². The van der Waals surface area contributed by atoms with Gasteiger partial charge in [0.1, 0.15) is 23.8 Å². The number of anilines is 4. The predicted octanol–water partition coefficient (Wildman–Crippen LogP) is 3.42. The molecule has 4 saturated heterocycles. The average molecular weight is 659 g/mol. The number of rotatable bonds is 8. The molecule has 2 aromatic rings. The minimum absolute atomic E-state index is 0.0626. The first kappa shape index (κ1) is 33.5. The zero-order valence-electron chi connectivity index (χ0n) is 25.8. The van der Waals surface area contributed by atoms with Gasteiger partial charge in [-0.15, -0.1) is 0 Å². The van der Waals surface area contributed by atoms with Gasteiger partial charge in [0.05, 0.1) is 75.4 Å². The second kappa shape index (κ2) is 15.6. The normalized spacial score (nSPS) is 21.0. The lowest BCUT2D eigenvalue weighted by Crippen LogP contribution is -2.36. The fourth-order valence-electron chi connectivity index (χ4n) is 5.50. The molecule has 0 spiro atoms. The Morgan fingerprint density at radius 2 is 1.32 bits per heavy atom. The predicted molar refractivity (Wildman–Crippen MR) is 167 cm³/mol. The smallest absolute Gasteiger partial charge is 0.414 e. The van der Waals surface area contributed by atoms with E-state index < -0.39 is 30.2 Å². The molecule has 4 heterocycles. The van der Waals surface area contributed by atoms with Crippen molar-refractivity contribution in [2.75, 3.05) is 98.4 Å². The number of nitrogens with one attached hydrogen (secondary N) is 1. The standard InChI is InChI=1S/C16H20FN3O4.C14H16FN5O3/c1-11(21)18-9-13-10-20(16(22)24-13)12-2-3-15(14(17)8-12)19-4-6-23-7-5-19;15-12-7-10(1-2-13(12)19-3-5-22-6-4-19)20-9-11(8-17-18-16)23-14(20)21/h2-3,8,13H,4-7,9-10H2,1H3,(H,18,21);1-2,7,11H,3-6,8-9H2/t13-;11-/m00/s1. The van der Waals surface area contributed by atoms with Crippen molar-refractivity contribution >= 4 is 40.8 Å². The van der Waals surface area contributed by atoms with Gasteiger partial charge in [-0.1, -0.05) is 5.11 Å². The Balaban J connectivity index is 0.000000185. The van der Waals surface area contributed by atoms with Gasteiger partial charge < -0.3 is 34.1 Å². The van der Waals surface area contributed by atoms with Gasteiger partial charge >= 0.3 is 12.2 Å². The molecule has 15 nitrogen and oxygen atoms in total. The van der Waals surface area contributed by atoms with Crippen LogP contribution in [0.3, 0.4) is 0 Å². The topological polar surface area (TPSA) is 162 Å². The van der Waals surface area contributed by atoms with Crippen molar-refractivity contribution in [3.63, 3.8) is 0 Å². The Morgan fingerprint density at radius 1 is 0.851 bits per heavy atom. The molecule has 2 atom stereocenters. The number of benzene rings is 2. The van der Waals surface area contributed by atoms with Gasteiger partial charge in [0, 0.05) is 38.0 Å². The molecule has 252 valence electrons. The highest BCUT2D eigenvalue weighted by molar-refractivity contribution is 5.91. The maximum absolute atomic E-state index is 14.4. The summed E-state index contributed by atoms with van der Waals surface area (Å²) in [5.41, 5.74) is 10.2. The summed E-state index contributed by atoms with van der Waals surface area (Å²) >= 11 is 0. The fourth-order valence-corrected chi connectivity index (χ4v) is 5.50. The van der Waals surface area contributed by atoms with Crippen molar-refractivity contribution in [2.24, 2.45) is 5.11 Å². The Labute approximate surface area is 269 Å². The van der Waals surface area contributed by atoms with Crippen molar-refractivity contribution in [3.8, 4) is 0 Å². The SMILES string of the molecule is CC(=O)NC[C@H]1CN(c2ccc(N3CCOCC3)c(F)c2)C(=O)O1.[N-]=[N+]=NC[C@H]1CN(c2ccc(N3CCOCC3)c(F)c2)C(=O)O1. The average Bonchev–Trinajstić information content (AvgIpc) is 3.65. The van der Waals surface area contributed by atoms with Crippen LogP contribution in [0.2, 0.25) is 0 Å². The van der Waals surface area contributed by atoms with Gasteiger partial charge in [0.2, 0.25) is 5.91 Å². The van der Waals surface area contributed by atoms with E-state index in [9.17, 15) is 23.2 Å². The maximum Gasteiger partial charge on any atom is 0.414 e. The lowest BCUT2D eigenvalue weighted by Gasteiger charge is -2.29. The van der Waals surface area contributed by atoms with Crippen molar-refractivity contribution in [1.82, 2.24) is 5.32 Å². The van der Waals surface area contributed by atoms with Gasteiger partial charge in [-0.2, -0.15) is 0 Å². The van der Waals surface area contributed by atoms with Crippen LogP contribution in [0.15, 0.2) is 41.5 Å². The Kier molecular flexibility index (Phi) is 11.1. The molecule has 17 heteroatoms. The maximum atomic E-state index is 14.4. The summed E-state index contributed by atoms with van der Waals surface area (Å²) in [5, 5.41) is 6.00. The first-order valence-electron chi connectivity index (χ1n) is 15.2. The summed E-state index contributed by atoms with van der Waals surface area (Å²) in [7, 11) is 0. The largest absolute Gasteiger partial charge is 0.444 e. The van der Waals surface area contributed by atoms with Crippen LogP contribution in [0.5, 0.6) is 0 Å². The molecule has 3 amide bonds. The monoisotopic (exact) mass is 658 g/mol. The summed E-state index contributed by atoms with van der Waals surface area (Å²) < 4.78 is 49.6. The molecule has 0 aromatic heterocycles. The molecule has 2 aromatic carbocycles. The van der Waals surface area contributed by atoms with Crippen molar-refractivity contribution in [1.29, 1.82) is 0 Å². The Morgan fingerprint density at radius 3 is 1.77 bits per heavy atom. The summed E-state index contributed by atoms with van der Waals surface area (Å²) in [6.07, 6.45) is -2.06. The van der Waals surface area contributed by atoms with Crippen LogP contribution in [-0.4, -0.2) is 109 Å². The van der Waals surface area contributed by atoms with E-state index in [-0.39, 0.29) is 37.9 Å². The minimum Gasteiger partial charge on any atom is -0.444 e. The second-order valence-electron chi connectivity index (χ2n) is 11.1. The van der Waals surface area contributed by atoms with E-state index in [4.69, 9.17) is 24.5 Å². The third-order valence-electron chi connectivity index (χ3n) is 7.86. The quantitative estimate of drug-likeness (QED) is 0.255. The lowest BCUT2D eigenvalue weighted by molar-refractivity contribution is -0.119. The van der Waals surface area contributed by atoms with Gasteiger partial charge in [-0.05, 0) is 41.9 Å². The lowest BCUT2D eigenvalue weighted by atomic mass is 10.2. The number of hydrogen-bond acceptors (Lipinski definition) is 10. The Bertz CT molecular complexity index is 1500. The van der Waals surface area contributed by atoms with E-state index in [0.29, 0.717) is 75.4 Å². The number of cyclic esters (lactones) is 2. The number of carbonyl (C=O) groups excluding carboxylic acids is 3. The van der Waals surface area contributed by atoms with E-state index in [1.165, 1.54) is 28.9 Å². The molecule has 6 rings (SSSR count). The van der Waals surface area contributed by atoms with E-state index >= 15 is 0 Å². The van der Waals surface area contributed by atoms with Crippen molar-refractivity contribution < 1.29 is 42.1 Å². The van der Waals surface area contributed by atoms with E-state index in [1.807, 2.05) is 9.80 Å². The summed E-state index contributed by atoms with van der Waals surface area (Å²) in [6, 6.07) is 9.38. The van der Waals surface area contributed by atoms with Crippen molar-refractivity contribution in [3.05, 3.63) is 58.5 Å². The van der Waals surface area contributed by atoms with Gasteiger partial charge in [-0.25, -0.2) is 18.4 Å². The molecule has 4 fully saturated rings. The summed E-state index contributed by atoms with van der Waals surface area (Å²) in [4.78, 5) is 44.0. The zero-order valence-corrected chi connectivity index (χ0v) is 25.8. The van der Waals surface area contributed by atoms with Gasteiger partial charge in [0.15, 0.2) is 0 Å². The molecular formula is C30H36F2N8O7. The van der Waals surface area contributed by atoms with Gasteiger partial charge in [-0.3, -0.25) is 14.6 Å². The molecule has 0 unspecified atom stereocenters. The molecule has 4 aliphatic rings. The van der Waals surface area contributed by atoms with Gasteiger partial charge in [0.25, 0.3) is 0 Å². The third kappa shape index (κ3) is 8.49. The fraction of sp³-hybridized carbons (Fsp3) is 0.500. The molecule has 0 saturated carbocycles. The molecule has 0 bridgehead atoms. The van der Waals surface area contributed by atoms with Crippen LogP contribution in [0, 0.1) is 11.6 Å². The highest BCUT2D eigenvalue weighted by Gasteiger charge is 2.34. The number of morpholine rings is 2. The number of nitrogens with zero attached hydrogens (tertiary/aromatic N) is 7. The van der Waals surface area contributed by atoms with Crippen LogP contribution in [0.4, 0.5) is 41.1 Å². The highest BCUT2D eigenvalue weighted by atomic mass is 19.1. The van der Waals surface area contributed by atoms with Crippen LogP contribution < -0.4 is 24.9 Å². The number of ether oxygens (including phenoxy) is 4. The second-order valence-corrected chi connectivity index (χ2v) is 11.1. The first-order chi connectivity index (χ1) is 22.7. The first-order valence-corrected chi connectivity index (χ1v) is 15.2. The van der Waals surface area contributed by atoms with Crippen LogP contribution in [-0.2, 0) is 23.7 Å². The molecule has 47 heavy (non-hydrogen) atoms. The van der Waals surface area contributed by atoms with Crippen molar-refractivity contribution in [2.45, 2.75) is 19.1 Å². The molecule has 0 aliphatic carbocycles. The third-order valence-corrected chi connectivity index (χ3v) is 7.86. The van der Waals surface area contributed by atoms with E-state index in [1.54, 1.807) is 24.3 Å². The number of hydrogen-bond donors (Lipinski definition) is 1. The summed E-state index contributed by atoms with van der Waals surface area (Å²) in [6.45, 7) is 7.04. The highest BCUT2D eigenvalue weighted by Crippen LogP contribution is 2.30. The Hall–Kier alpha value is -4.86.